The van der Waals surface area contributed by atoms with E-state index in [2.05, 4.69) is 20.2 Å². The van der Waals surface area contributed by atoms with Crippen LogP contribution in [0.2, 0.25) is 0 Å². The maximum atomic E-state index is 5.08. The lowest BCUT2D eigenvalue weighted by molar-refractivity contribution is 0.198. The Hall–Kier alpha value is -1.40. The monoisotopic (exact) mass is 293 g/mol. The fourth-order valence-electron chi connectivity index (χ4n) is 2.67. The van der Waals surface area contributed by atoms with Crippen molar-refractivity contribution in [3.8, 4) is 0 Å². The van der Waals surface area contributed by atoms with E-state index in [9.17, 15) is 0 Å². The third-order valence-electron chi connectivity index (χ3n) is 3.81. The molecular formula is C15H27N5O. The van der Waals surface area contributed by atoms with Crippen LogP contribution in [-0.4, -0.2) is 63.5 Å². The van der Waals surface area contributed by atoms with Crippen molar-refractivity contribution < 1.29 is 4.74 Å². The van der Waals surface area contributed by atoms with E-state index in [1.165, 1.54) is 19.3 Å². The van der Waals surface area contributed by atoms with Crippen LogP contribution < -0.4 is 15.1 Å². The van der Waals surface area contributed by atoms with Crippen LogP contribution in [0.1, 0.15) is 19.3 Å². The molecule has 118 valence electrons. The number of ether oxygens (including phenoxy) is 1. The molecule has 0 aliphatic carbocycles. The molecule has 1 saturated heterocycles. The van der Waals surface area contributed by atoms with Crippen LogP contribution in [0.4, 0.5) is 11.8 Å². The van der Waals surface area contributed by atoms with Crippen molar-refractivity contribution in [2.24, 2.45) is 0 Å². The molecule has 1 aromatic heterocycles. The zero-order chi connectivity index (χ0) is 15.1. The van der Waals surface area contributed by atoms with Crippen molar-refractivity contribution in [3.63, 3.8) is 0 Å². The van der Waals surface area contributed by atoms with Crippen molar-refractivity contribution in [2.45, 2.75) is 25.3 Å². The van der Waals surface area contributed by atoms with Gasteiger partial charge in [-0.2, -0.15) is 4.98 Å². The highest BCUT2D eigenvalue weighted by atomic mass is 16.5. The summed E-state index contributed by atoms with van der Waals surface area (Å²) in [5.74, 6) is 1.80. The first-order valence-electron chi connectivity index (χ1n) is 7.69. The highest BCUT2D eigenvalue weighted by molar-refractivity contribution is 5.44. The molecule has 2 rings (SSSR count). The standard InChI is InChI=1S/C15H27N5O/c1-19(2)15-17-8-7-14(18-15)20-10-5-4-6-13(20)12-16-9-11-21-3/h7-8,13,16H,4-6,9-12H2,1-3H3. The van der Waals surface area contributed by atoms with Crippen LogP contribution >= 0.6 is 0 Å². The lowest BCUT2D eigenvalue weighted by Gasteiger charge is -2.37. The number of hydrogen-bond donors (Lipinski definition) is 1. The van der Waals surface area contributed by atoms with Crippen LogP contribution in [0.15, 0.2) is 12.3 Å². The highest BCUT2D eigenvalue weighted by Crippen LogP contribution is 2.23. The Balaban J connectivity index is 2.02. The molecule has 1 fully saturated rings. The van der Waals surface area contributed by atoms with Gasteiger partial charge in [-0.15, -0.1) is 0 Å². The van der Waals surface area contributed by atoms with E-state index >= 15 is 0 Å². The minimum Gasteiger partial charge on any atom is -0.383 e. The molecule has 0 bridgehead atoms. The topological polar surface area (TPSA) is 53.5 Å². The van der Waals surface area contributed by atoms with Crippen LogP contribution in [0.5, 0.6) is 0 Å². The van der Waals surface area contributed by atoms with Gasteiger partial charge in [0.2, 0.25) is 5.95 Å². The van der Waals surface area contributed by atoms with Crippen molar-refractivity contribution in [2.75, 3.05) is 57.2 Å². The number of piperidine rings is 1. The van der Waals surface area contributed by atoms with Gasteiger partial charge in [0.25, 0.3) is 0 Å². The normalized spacial score (nSPS) is 18.8. The van der Waals surface area contributed by atoms with E-state index in [-0.39, 0.29) is 0 Å². The maximum Gasteiger partial charge on any atom is 0.226 e. The van der Waals surface area contributed by atoms with Crippen molar-refractivity contribution >= 4 is 11.8 Å². The smallest absolute Gasteiger partial charge is 0.226 e. The van der Waals surface area contributed by atoms with Gasteiger partial charge in [-0.25, -0.2) is 4.98 Å². The van der Waals surface area contributed by atoms with Gasteiger partial charge in [0, 0.05) is 53.1 Å². The van der Waals surface area contributed by atoms with Gasteiger partial charge in [0.1, 0.15) is 5.82 Å². The zero-order valence-electron chi connectivity index (χ0n) is 13.4. The summed E-state index contributed by atoms with van der Waals surface area (Å²) in [4.78, 5) is 13.3. The Labute approximate surface area is 127 Å². The van der Waals surface area contributed by atoms with Crippen LogP contribution in [0.25, 0.3) is 0 Å². The van der Waals surface area contributed by atoms with E-state index in [1.54, 1.807) is 7.11 Å². The first-order chi connectivity index (χ1) is 10.2. The average molecular weight is 293 g/mol. The fourth-order valence-corrected chi connectivity index (χ4v) is 2.67. The van der Waals surface area contributed by atoms with Gasteiger partial charge in [-0.3, -0.25) is 0 Å². The molecule has 0 radical (unpaired) electrons. The van der Waals surface area contributed by atoms with Crippen LogP contribution in [0.3, 0.4) is 0 Å². The molecule has 0 aromatic carbocycles. The Kier molecular flexibility index (Phi) is 6.20. The van der Waals surface area contributed by atoms with Gasteiger partial charge < -0.3 is 19.9 Å². The first-order valence-corrected chi connectivity index (χ1v) is 7.69. The van der Waals surface area contributed by atoms with Gasteiger partial charge in [0.15, 0.2) is 0 Å². The van der Waals surface area contributed by atoms with Crippen molar-refractivity contribution in [1.29, 1.82) is 0 Å². The second kappa shape index (κ2) is 8.14. The predicted molar refractivity (Wildman–Crippen MR) is 86.1 cm³/mol. The third-order valence-corrected chi connectivity index (χ3v) is 3.81. The van der Waals surface area contributed by atoms with E-state index in [0.717, 1.165) is 38.0 Å². The Morgan fingerprint density at radius 1 is 1.43 bits per heavy atom. The van der Waals surface area contributed by atoms with Gasteiger partial charge in [-0.05, 0) is 25.3 Å². The highest BCUT2D eigenvalue weighted by Gasteiger charge is 2.23. The van der Waals surface area contributed by atoms with Crippen LogP contribution in [-0.2, 0) is 4.74 Å². The van der Waals surface area contributed by atoms with Gasteiger partial charge in [-0.1, -0.05) is 0 Å². The van der Waals surface area contributed by atoms with Crippen LogP contribution in [0, 0.1) is 0 Å². The Morgan fingerprint density at radius 3 is 3.05 bits per heavy atom. The molecule has 1 aliphatic heterocycles. The third kappa shape index (κ3) is 4.54. The molecule has 0 saturated carbocycles. The summed E-state index contributed by atoms with van der Waals surface area (Å²) in [6, 6.07) is 2.51. The Bertz CT molecular complexity index is 426. The number of nitrogens with one attached hydrogen (secondary N) is 1. The molecule has 1 N–H and O–H groups in total. The molecule has 6 heteroatoms. The quantitative estimate of drug-likeness (QED) is 0.761. The summed E-state index contributed by atoms with van der Waals surface area (Å²) in [5.41, 5.74) is 0. The van der Waals surface area contributed by atoms with E-state index < -0.39 is 0 Å². The van der Waals surface area contributed by atoms with Gasteiger partial charge >= 0.3 is 0 Å². The molecule has 1 aliphatic rings. The number of hydrogen-bond acceptors (Lipinski definition) is 6. The van der Waals surface area contributed by atoms with Gasteiger partial charge in [0.05, 0.1) is 6.61 Å². The molecule has 2 heterocycles. The fraction of sp³-hybridized carbons (Fsp3) is 0.733. The average Bonchev–Trinajstić information content (AvgIpc) is 2.52. The van der Waals surface area contributed by atoms with E-state index in [4.69, 9.17) is 4.74 Å². The first kappa shape index (κ1) is 16.0. The summed E-state index contributed by atoms with van der Waals surface area (Å²) in [5, 5.41) is 3.47. The SMILES string of the molecule is COCCNCC1CCCCN1c1ccnc(N(C)C)n1. The van der Waals surface area contributed by atoms with Crippen molar-refractivity contribution in [3.05, 3.63) is 12.3 Å². The number of aromatic nitrogens is 2. The Morgan fingerprint density at radius 2 is 2.29 bits per heavy atom. The minimum absolute atomic E-state index is 0.500. The maximum absolute atomic E-state index is 5.08. The lowest BCUT2D eigenvalue weighted by atomic mass is 10.0. The summed E-state index contributed by atoms with van der Waals surface area (Å²) in [6.45, 7) is 3.70. The largest absolute Gasteiger partial charge is 0.383 e. The molecule has 0 amide bonds. The molecule has 21 heavy (non-hydrogen) atoms. The number of methoxy groups -OCH3 is 1. The number of nitrogens with zero attached hydrogens (tertiary/aromatic N) is 4. The van der Waals surface area contributed by atoms with E-state index in [1.807, 2.05) is 31.3 Å². The number of anilines is 2. The second-order valence-electron chi connectivity index (χ2n) is 5.65. The number of rotatable bonds is 7. The molecule has 1 atom stereocenters. The summed E-state index contributed by atoms with van der Waals surface area (Å²) in [7, 11) is 5.68. The zero-order valence-corrected chi connectivity index (χ0v) is 13.4. The second-order valence-corrected chi connectivity index (χ2v) is 5.65. The summed E-state index contributed by atoms with van der Waals surface area (Å²) < 4.78 is 5.08. The lowest BCUT2D eigenvalue weighted by Crippen LogP contribution is -2.46. The predicted octanol–water partition coefficient (Wildman–Crippen LogP) is 1.14. The molecule has 1 aromatic rings. The molecular weight excluding hydrogens is 266 g/mol. The molecule has 1 unspecified atom stereocenters. The van der Waals surface area contributed by atoms with E-state index in [0.29, 0.717) is 6.04 Å². The summed E-state index contributed by atoms with van der Waals surface area (Å²) in [6.07, 6.45) is 5.58. The molecule has 0 spiro atoms. The molecule has 6 nitrogen and oxygen atoms in total. The minimum atomic E-state index is 0.500. The van der Waals surface area contributed by atoms with Crippen molar-refractivity contribution in [1.82, 2.24) is 15.3 Å². The summed E-state index contributed by atoms with van der Waals surface area (Å²) >= 11 is 0.